The van der Waals surface area contributed by atoms with Gasteiger partial charge in [0.25, 0.3) is 0 Å². The van der Waals surface area contributed by atoms with Gasteiger partial charge >= 0.3 is 0 Å². The third-order valence-electron chi connectivity index (χ3n) is 3.80. The van der Waals surface area contributed by atoms with E-state index in [2.05, 4.69) is 15.2 Å². The van der Waals surface area contributed by atoms with Crippen LogP contribution in [0.2, 0.25) is 0 Å². The van der Waals surface area contributed by atoms with Crippen molar-refractivity contribution in [3.8, 4) is 22.8 Å². The molecule has 2 aromatic heterocycles. The number of imidazole rings is 1. The van der Waals surface area contributed by atoms with E-state index in [9.17, 15) is 9.50 Å². The van der Waals surface area contributed by atoms with Gasteiger partial charge in [-0.1, -0.05) is 5.16 Å². The smallest absolute Gasteiger partial charge is 0.152 e. The molecule has 0 aliphatic carbocycles. The van der Waals surface area contributed by atoms with Crippen molar-refractivity contribution < 1.29 is 14.7 Å². The summed E-state index contributed by atoms with van der Waals surface area (Å²) in [5, 5.41) is 25.9. The van der Waals surface area contributed by atoms with Crippen molar-refractivity contribution in [1.82, 2.24) is 19.3 Å². The number of hydrogen-bond acceptors (Lipinski definition) is 5. The van der Waals surface area contributed by atoms with Gasteiger partial charge < -0.3 is 14.9 Å². The number of rotatable bonds is 3. The van der Waals surface area contributed by atoms with Crippen LogP contribution in [-0.4, -0.2) is 35.9 Å². The molecule has 0 unspecified atom stereocenters. The molecule has 0 radical (unpaired) electrons. The molecular formula is C16H16FN5O2. The van der Waals surface area contributed by atoms with Crippen LogP contribution in [0.3, 0.4) is 0 Å². The highest BCUT2D eigenvalue weighted by molar-refractivity contribution is 5.90. The van der Waals surface area contributed by atoms with Crippen molar-refractivity contribution >= 4 is 6.21 Å². The number of aryl methyl sites for hydroxylation is 3. The summed E-state index contributed by atoms with van der Waals surface area (Å²) in [7, 11) is 1.81. The van der Waals surface area contributed by atoms with Crippen LogP contribution >= 0.6 is 0 Å². The molecule has 3 aromatic rings. The molecule has 0 spiro atoms. The zero-order valence-corrected chi connectivity index (χ0v) is 13.4. The molecule has 0 fully saturated rings. The molecule has 0 saturated carbocycles. The lowest BCUT2D eigenvalue weighted by molar-refractivity contribution is 0.322. The molecule has 124 valence electrons. The van der Waals surface area contributed by atoms with E-state index >= 15 is 0 Å². The maximum absolute atomic E-state index is 14.4. The molecule has 7 nitrogen and oxygen atoms in total. The van der Waals surface area contributed by atoms with Crippen molar-refractivity contribution in [1.29, 1.82) is 0 Å². The molecular weight excluding hydrogens is 313 g/mol. The highest BCUT2D eigenvalue weighted by Crippen LogP contribution is 2.31. The first-order valence-corrected chi connectivity index (χ1v) is 7.18. The Morgan fingerprint density at radius 2 is 1.96 bits per heavy atom. The maximum Gasteiger partial charge on any atom is 0.152 e. The molecule has 2 N–H and O–H groups in total. The third kappa shape index (κ3) is 2.41. The Labute approximate surface area is 137 Å². The number of aromatic hydroxyl groups is 1. The van der Waals surface area contributed by atoms with Gasteiger partial charge in [-0.15, -0.1) is 0 Å². The number of phenolic OH excluding ortho intramolecular Hbond substituents is 1. The number of benzene rings is 1. The van der Waals surface area contributed by atoms with Crippen LogP contribution < -0.4 is 0 Å². The fourth-order valence-corrected chi connectivity index (χ4v) is 2.71. The summed E-state index contributed by atoms with van der Waals surface area (Å²) in [5.41, 5.74) is 3.28. The van der Waals surface area contributed by atoms with E-state index in [1.807, 2.05) is 14.0 Å². The molecule has 0 bridgehead atoms. The number of aromatic nitrogens is 4. The third-order valence-corrected chi connectivity index (χ3v) is 3.80. The van der Waals surface area contributed by atoms with Gasteiger partial charge in [0.2, 0.25) is 0 Å². The first kappa shape index (κ1) is 15.7. The lowest BCUT2D eigenvalue weighted by Crippen LogP contribution is -2.05. The minimum atomic E-state index is -0.619. The zero-order chi connectivity index (χ0) is 17.4. The molecule has 0 saturated heterocycles. The lowest BCUT2D eigenvalue weighted by Gasteiger charge is -2.11. The van der Waals surface area contributed by atoms with Gasteiger partial charge in [-0.3, -0.25) is 0 Å². The fraction of sp³-hybridized carbons (Fsp3) is 0.188. The van der Waals surface area contributed by atoms with Gasteiger partial charge in [0.05, 0.1) is 29.6 Å². The Morgan fingerprint density at radius 3 is 2.54 bits per heavy atom. The second kappa shape index (κ2) is 5.80. The average Bonchev–Trinajstić information content (AvgIpc) is 3.00. The Kier molecular flexibility index (Phi) is 3.80. The highest BCUT2D eigenvalue weighted by atomic mass is 19.1. The summed E-state index contributed by atoms with van der Waals surface area (Å²) in [5.74, 6) is -0.790. The molecule has 1 aromatic carbocycles. The minimum absolute atomic E-state index is 0.170. The van der Waals surface area contributed by atoms with Crippen LogP contribution in [-0.2, 0) is 7.05 Å². The van der Waals surface area contributed by atoms with E-state index in [0.29, 0.717) is 17.0 Å². The van der Waals surface area contributed by atoms with E-state index in [1.54, 1.807) is 17.8 Å². The van der Waals surface area contributed by atoms with E-state index in [4.69, 9.17) is 5.21 Å². The summed E-state index contributed by atoms with van der Waals surface area (Å²) in [6.07, 6.45) is 2.91. The topological polar surface area (TPSA) is 88.5 Å². The predicted octanol–water partition coefficient (Wildman–Crippen LogP) is 2.54. The van der Waals surface area contributed by atoms with Crippen LogP contribution in [0.4, 0.5) is 4.39 Å². The second-order valence-electron chi connectivity index (χ2n) is 5.43. The Bertz CT molecular complexity index is 923. The fourth-order valence-electron chi connectivity index (χ4n) is 2.71. The normalized spacial score (nSPS) is 11.5. The standard InChI is InChI=1S/C16H16FN5O2/c1-9-12(7-19-24)16(15-10(2)18-8-21(15)3)22(20-9)14-5-4-11(23)6-13(14)17/h4-8,23-24H,1-3H3/b19-7+. The van der Waals surface area contributed by atoms with Gasteiger partial charge in [0, 0.05) is 18.7 Å². The average molecular weight is 329 g/mol. The van der Waals surface area contributed by atoms with Crippen molar-refractivity contribution in [2.75, 3.05) is 0 Å². The lowest BCUT2D eigenvalue weighted by atomic mass is 10.1. The summed E-state index contributed by atoms with van der Waals surface area (Å²) >= 11 is 0. The van der Waals surface area contributed by atoms with Gasteiger partial charge in [-0.25, -0.2) is 14.1 Å². The summed E-state index contributed by atoms with van der Waals surface area (Å²) in [4.78, 5) is 4.26. The molecule has 0 atom stereocenters. The summed E-state index contributed by atoms with van der Waals surface area (Å²) < 4.78 is 17.6. The molecule has 0 amide bonds. The van der Waals surface area contributed by atoms with Crippen LogP contribution in [0.5, 0.6) is 5.75 Å². The number of halogens is 1. The number of oxime groups is 1. The van der Waals surface area contributed by atoms with Gasteiger partial charge in [0.15, 0.2) is 5.82 Å². The van der Waals surface area contributed by atoms with Crippen molar-refractivity contribution in [2.45, 2.75) is 13.8 Å². The number of phenols is 1. The van der Waals surface area contributed by atoms with Gasteiger partial charge in [-0.05, 0) is 26.0 Å². The molecule has 0 aliphatic heterocycles. The molecule has 3 rings (SSSR count). The molecule has 24 heavy (non-hydrogen) atoms. The van der Waals surface area contributed by atoms with Crippen molar-refractivity contribution in [3.05, 3.63) is 47.3 Å². The largest absolute Gasteiger partial charge is 0.508 e. The zero-order valence-electron chi connectivity index (χ0n) is 13.4. The van der Waals surface area contributed by atoms with E-state index in [1.165, 1.54) is 23.0 Å². The van der Waals surface area contributed by atoms with Crippen LogP contribution in [0, 0.1) is 19.7 Å². The van der Waals surface area contributed by atoms with Crippen LogP contribution in [0.15, 0.2) is 29.7 Å². The monoisotopic (exact) mass is 329 g/mol. The van der Waals surface area contributed by atoms with E-state index in [-0.39, 0.29) is 11.4 Å². The predicted molar refractivity (Wildman–Crippen MR) is 86.2 cm³/mol. The Morgan fingerprint density at radius 1 is 1.21 bits per heavy atom. The van der Waals surface area contributed by atoms with Crippen LogP contribution in [0.1, 0.15) is 17.0 Å². The maximum atomic E-state index is 14.4. The van der Waals surface area contributed by atoms with E-state index < -0.39 is 5.82 Å². The summed E-state index contributed by atoms with van der Waals surface area (Å²) in [6, 6.07) is 3.84. The first-order chi connectivity index (χ1) is 11.4. The second-order valence-corrected chi connectivity index (χ2v) is 5.43. The van der Waals surface area contributed by atoms with Crippen LogP contribution in [0.25, 0.3) is 17.1 Å². The van der Waals surface area contributed by atoms with E-state index in [0.717, 1.165) is 17.5 Å². The first-order valence-electron chi connectivity index (χ1n) is 7.18. The van der Waals surface area contributed by atoms with Crippen molar-refractivity contribution in [3.63, 3.8) is 0 Å². The number of nitrogens with zero attached hydrogens (tertiary/aromatic N) is 5. The van der Waals surface area contributed by atoms with Crippen molar-refractivity contribution in [2.24, 2.45) is 12.2 Å². The van der Waals surface area contributed by atoms with Gasteiger partial charge in [0.1, 0.15) is 17.1 Å². The SMILES string of the molecule is Cc1nn(-c2ccc(O)cc2F)c(-c2c(C)ncn2C)c1/C=N/O. The molecule has 8 heteroatoms. The quantitative estimate of drug-likeness (QED) is 0.439. The number of hydrogen-bond donors (Lipinski definition) is 2. The Hall–Kier alpha value is -3.16. The van der Waals surface area contributed by atoms with Gasteiger partial charge in [-0.2, -0.15) is 5.10 Å². The highest BCUT2D eigenvalue weighted by Gasteiger charge is 2.23. The molecule has 0 aliphatic rings. The minimum Gasteiger partial charge on any atom is -0.508 e. The summed E-state index contributed by atoms with van der Waals surface area (Å²) in [6.45, 7) is 3.57. The molecule has 2 heterocycles. The Balaban J connectivity index is 2.37.